The number of hydrogen-bond donors (Lipinski definition) is 3. The predicted molar refractivity (Wildman–Crippen MR) is 109 cm³/mol. The Hall–Kier alpha value is -2.78. The molecule has 1 aliphatic heterocycles. The number of nitrogens with zero attached hydrogens (tertiary/aromatic N) is 2. The fraction of sp³-hybridized carbons (Fsp3) is 0.400. The molecule has 9 heteroatoms. The predicted octanol–water partition coefficient (Wildman–Crippen LogP) is 0.833. The monoisotopic (exact) mass is 416 g/mol. The summed E-state index contributed by atoms with van der Waals surface area (Å²) in [6.45, 7) is 3.50. The van der Waals surface area contributed by atoms with E-state index >= 15 is 0 Å². The lowest BCUT2D eigenvalue weighted by atomic mass is 10.1. The lowest BCUT2D eigenvalue weighted by Crippen LogP contribution is -2.48. The second-order valence-corrected chi connectivity index (χ2v) is 7.90. The fourth-order valence-electron chi connectivity index (χ4n) is 3.30. The Kier molecular flexibility index (Phi) is 6.60. The van der Waals surface area contributed by atoms with E-state index in [0.29, 0.717) is 6.54 Å². The SMILES string of the molecule is CC(=O)NCC(=O)N1C[C@H](O)C[C@H]1C(=O)NCc1ccc(-c2scnc2C)cc1. The van der Waals surface area contributed by atoms with Crippen molar-refractivity contribution in [1.82, 2.24) is 20.5 Å². The lowest BCUT2D eigenvalue weighted by molar-refractivity contribution is -0.138. The molecule has 3 rings (SSSR count). The minimum absolute atomic E-state index is 0.0827. The van der Waals surface area contributed by atoms with Crippen LogP contribution in [0.5, 0.6) is 0 Å². The van der Waals surface area contributed by atoms with Crippen molar-refractivity contribution in [3.05, 3.63) is 41.0 Å². The normalized spacial score (nSPS) is 18.5. The van der Waals surface area contributed by atoms with Crippen LogP contribution in [0.2, 0.25) is 0 Å². The number of nitrogens with one attached hydrogen (secondary N) is 2. The molecule has 1 saturated heterocycles. The van der Waals surface area contributed by atoms with Crippen LogP contribution in [-0.4, -0.2) is 57.9 Å². The maximum absolute atomic E-state index is 12.6. The van der Waals surface area contributed by atoms with E-state index in [9.17, 15) is 19.5 Å². The summed E-state index contributed by atoms with van der Waals surface area (Å²) in [5.74, 6) is -1.03. The Bertz CT molecular complexity index is 896. The van der Waals surface area contributed by atoms with Gasteiger partial charge in [0.25, 0.3) is 0 Å². The number of aryl methyl sites for hydroxylation is 1. The van der Waals surface area contributed by atoms with Gasteiger partial charge in [-0.3, -0.25) is 14.4 Å². The van der Waals surface area contributed by atoms with Crippen molar-refractivity contribution in [1.29, 1.82) is 0 Å². The van der Waals surface area contributed by atoms with Crippen molar-refractivity contribution in [2.45, 2.75) is 39.0 Å². The summed E-state index contributed by atoms with van der Waals surface area (Å²) in [7, 11) is 0. The van der Waals surface area contributed by atoms with Crippen LogP contribution in [0, 0.1) is 6.92 Å². The van der Waals surface area contributed by atoms with Gasteiger partial charge in [-0.15, -0.1) is 11.3 Å². The zero-order chi connectivity index (χ0) is 21.0. The number of rotatable bonds is 6. The molecular weight excluding hydrogens is 392 g/mol. The van der Waals surface area contributed by atoms with Crippen molar-refractivity contribution in [3.8, 4) is 10.4 Å². The molecule has 0 aliphatic carbocycles. The average molecular weight is 417 g/mol. The number of amides is 3. The highest BCUT2D eigenvalue weighted by molar-refractivity contribution is 7.13. The van der Waals surface area contributed by atoms with Crippen LogP contribution in [0.4, 0.5) is 0 Å². The van der Waals surface area contributed by atoms with E-state index in [4.69, 9.17) is 0 Å². The van der Waals surface area contributed by atoms with Gasteiger partial charge in [-0.05, 0) is 18.1 Å². The summed E-state index contributed by atoms with van der Waals surface area (Å²) in [6.07, 6.45) is -0.574. The summed E-state index contributed by atoms with van der Waals surface area (Å²) in [5, 5.41) is 15.2. The fourth-order valence-corrected chi connectivity index (χ4v) is 4.11. The number of aliphatic hydroxyl groups excluding tert-OH is 1. The lowest BCUT2D eigenvalue weighted by Gasteiger charge is -2.23. The Morgan fingerprint density at radius 2 is 1.97 bits per heavy atom. The van der Waals surface area contributed by atoms with Crippen molar-refractivity contribution < 1.29 is 19.5 Å². The highest BCUT2D eigenvalue weighted by Crippen LogP contribution is 2.27. The number of hydrogen-bond acceptors (Lipinski definition) is 6. The highest BCUT2D eigenvalue weighted by atomic mass is 32.1. The Morgan fingerprint density at radius 3 is 2.59 bits per heavy atom. The number of thiazole rings is 1. The molecule has 0 unspecified atom stereocenters. The number of aliphatic hydroxyl groups is 1. The van der Waals surface area contributed by atoms with Gasteiger partial charge >= 0.3 is 0 Å². The van der Waals surface area contributed by atoms with Gasteiger partial charge in [0.05, 0.1) is 28.7 Å². The largest absolute Gasteiger partial charge is 0.391 e. The van der Waals surface area contributed by atoms with Gasteiger partial charge in [0, 0.05) is 26.4 Å². The summed E-state index contributed by atoms with van der Waals surface area (Å²) in [4.78, 5) is 42.6. The standard InChI is InChI=1S/C20H24N4O4S/c1-12-19(29-11-23-12)15-5-3-14(4-6-15)8-22-20(28)17-7-16(26)10-24(17)18(27)9-21-13(2)25/h3-6,11,16-17,26H,7-10H2,1-2H3,(H,21,25)(H,22,28)/t16-,17+/m1/s1. The third-order valence-corrected chi connectivity index (χ3v) is 5.80. The molecule has 0 bridgehead atoms. The molecule has 2 heterocycles. The van der Waals surface area contributed by atoms with E-state index in [0.717, 1.165) is 21.7 Å². The second kappa shape index (κ2) is 9.15. The first-order chi connectivity index (χ1) is 13.8. The average Bonchev–Trinajstić information content (AvgIpc) is 3.30. The van der Waals surface area contributed by atoms with Gasteiger partial charge in [-0.1, -0.05) is 24.3 Å². The zero-order valence-corrected chi connectivity index (χ0v) is 17.2. The molecule has 2 atom stereocenters. The van der Waals surface area contributed by atoms with E-state index in [1.807, 2.05) is 36.7 Å². The number of carbonyl (C=O) groups excluding carboxylic acids is 3. The number of benzene rings is 1. The van der Waals surface area contributed by atoms with Crippen LogP contribution in [-0.2, 0) is 20.9 Å². The minimum atomic E-state index is -0.756. The van der Waals surface area contributed by atoms with Crippen molar-refractivity contribution >= 4 is 29.1 Å². The van der Waals surface area contributed by atoms with E-state index in [2.05, 4.69) is 15.6 Å². The number of aromatic nitrogens is 1. The molecule has 29 heavy (non-hydrogen) atoms. The summed E-state index contributed by atoms with van der Waals surface area (Å²) < 4.78 is 0. The Balaban J connectivity index is 1.58. The van der Waals surface area contributed by atoms with Crippen LogP contribution in [0.15, 0.2) is 29.8 Å². The van der Waals surface area contributed by atoms with Crippen LogP contribution < -0.4 is 10.6 Å². The Labute approximate surface area is 172 Å². The van der Waals surface area contributed by atoms with Gasteiger partial charge in [-0.25, -0.2) is 4.98 Å². The zero-order valence-electron chi connectivity index (χ0n) is 16.3. The molecule has 3 N–H and O–H groups in total. The van der Waals surface area contributed by atoms with Crippen LogP contribution in [0.1, 0.15) is 24.6 Å². The summed E-state index contributed by atoms with van der Waals surface area (Å²) in [5.41, 5.74) is 4.81. The van der Waals surface area contributed by atoms with Crippen molar-refractivity contribution in [2.75, 3.05) is 13.1 Å². The third-order valence-electron chi connectivity index (χ3n) is 4.82. The highest BCUT2D eigenvalue weighted by Gasteiger charge is 2.38. The molecule has 0 spiro atoms. The van der Waals surface area contributed by atoms with Crippen LogP contribution in [0.25, 0.3) is 10.4 Å². The molecular formula is C20H24N4O4S. The van der Waals surface area contributed by atoms with Crippen LogP contribution in [0.3, 0.4) is 0 Å². The maximum Gasteiger partial charge on any atom is 0.243 e. The first-order valence-electron chi connectivity index (χ1n) is 9.34. The number of β-amino-alcohol motifs (C(OH)–C–C–N with tert-alkyl or cyclic N) is 1. The molecule has 154 valence electrons. The van der Waals surface area contributed by atoms with Crippen LogP contribution >= 0.6 is 11.3 Å². The molecule has 3 amide bonds. The van der Waals surface area contributed by atoms with Gasteiger partial charge in [0.2, 0.25) is 17.7 Å². The molecule has 0 radical (unpaired) electrons. The third kappa shape index (κ3) is 5.18. The van der Waals surface area contributed by atoms with E-state index in [1.165, 1.54) is 11.8 Å². The molecule has 1 aromatic heterocycles. The van der Waals surface area contributed by atoms with Gasteiger partial charge in [0.1, 0.15) is 6.04 Å². The first-order valence-corrected chi connectivity index (χ1v) is 10.2. The molecule has 8 nitrogen and oxygen atoms in total. The topological polar surface area (TPSA) is 112 Å². The molecule has 1 fully saturated rings. The summed E-state index contributed by atoms with van der Waals surface area (Å²) >= 11 is 1.58. The second-order valence-electron chi connectivity index (χ2n) is 7.04. The molecule has 0 saturated carbocycles. The maximum atomic E-state index is 12.6. The van der Waals surface area contributed by atoms with Gasteiger partial charge in [-0.2, -0.15) is 0 Å². The minimum Gasteiger partial charge on any atom is -0.391 e. The summed E-state index contributed by atoms with van der Waals surface area (Å²) in [6, 6.07) is 7.12. The van der Waals surface area contributed by atoms with Gasteiger partial charge in [0.15, 0.2) is 0 Å². The van der Waals surface area contributed by atoms with Crippen molar-refractivity contribution in [3.63, 3.8) is 0 Å². The first kappa shape index (κ1) is 20.9. The van der Waals surface area contributed by atoms with E-state index in [1.54, 1.807) is 11.3 Å². The molecule has 1 aliphatic rings. The van der Waals surface area contributed by atoms with E-state index in [-0.39, 0.29) is 37.2 Å². The van der Waals surface area contributed by atoms with E-state index < -0.39 is 12.1 Å². The van der Waals surface area contributed by atoms with Gasteiger partial charge < -0.3 is 20.6 Å². The molecule has 2 aromatic rings. The number of likely N-dealkylation sites (tertiary alicyclic amines) is 1. The van der Waals surface area contributed by atoms with Crippen molar-refractivity contribution in [2.24, 2.45) is 0 Å². The quantitative estimate of drug-likeness (QED) is 0.646. The number of carbonyl (C=O) groups is 3. The smallest absolute Gasteiger partial charge is 0.243 e. The Morgan fingerprint density at radius 1 is 1.24 bits per heavy atom. The molecule has 1 aromatic carbocycles.